The fourth-order valence-corrected chi connectivity index (χ4v) is 3.22. The summed E-state index contributed by atoms with van der Waals surface area (Å²) in [5, 5.41) is 2.36. The molecule has 1 aromatic heterocycles. The molecule has 0 aromatic carbocycles. The summed E-state index contributed by atoms with van der Waals surface area (Å²) in [6.07, 6.45) is 2.34. The summed E-state index contributed by atoms with van der Waals surface area (Å²) >= 11 is 1.37. The zero-order valence-electron chi connectivity index (χ0n) is 14.2. The molecule has 0 unspecified atom stereocenters. The number of ketones is 1. The first-order chi connectivity index (χ1) is 10.7. The van der Waals surface area contributed by atoms with E-state index < -0.39 is 5.60 Å². The standard InChI is InChI=1S/C16H25N3O3S/c1-16(2,3)22-15(21)19-7-5-12(10-19)9-18(4)11-13(20)14-17-6-8-23-14/h6,8,12H,5,7,9-11H2,1-4H3/t12-/m1/s1. The van der Waals surface area contributed by atoms with Crippen LogP contribution in [0.4, 0.5) is 4.79 Å². The molecule has 128 valence electrons. The lowest BCUT2D eigenvalue weighted by molar-refractivity contribution is 0.0285. The molecule has 23 heavy (non-hydrogen) atoms. The van der Waals surface area contributed by atoms with Crippen molar-refractivity contribution in [2.75, 3.05) is 33.2 Å². The minimum Gasteiger partial charge on any atom is -0.444 e. The number of carbonyl (C=O) groups is 2. The van der Waals surface area contributed by atoms with Gasteiger partial charge in [0.15, 0.2) is 5.01 Å². The third-order valence-electron chi connectivity index (χ3n) is 3.59. The third kappa shape index (κ3) is 5.58. The molecule has 6 nitrogen and oxygen atoms in total. The zero-order valence-corrected chi connectivity index (χ0v) is 15.1. The van der Waals surface area contributed by atoms with Crippen molar-refractivity contribution < 1.29 is 14.3 Å². The minimum atomic E-state index is -0.466. The monoisotopic (exact) mass is 339 g/mol. The van der Waals surface area contributed by atoms with Crippen LogP contribution in [0, 0.1) is 5.92 Å². The maximum atomic E-state index is 12.1. The van der Waals surface area contributed by atoms with Crippen molar-refractivity contribution in [1.82, 2.24) is 14.8 Å². The number of hydrogen-bond acceptors (Lipinski definition) is 6. The van der Waals surface area contributed by atoms with E-state index >= 15 is 0 Å². The lowest BCUT2D eigenvalue weighted by atomic mass is 10.1. The predicted molar refractivity (Wildman–Crippen MR) is 89.9 cm³/mol. The first-order valence-corrected chi connectivity index (χ1v) is 8.72. The van der Waals surface area contributed by atoms with Gasteiger partial charge in [-0.3, -0.25) is 9.69 Å². The highest BCUT2D eigenvalue weighted by Gasteiger charge is 2.30. The molecule has 1 saturated heterocycles. The number of likely N-dealkylation sites (tertiary alicyclic amines) is 1. The van der Waals surface area contributed by atoms with Crippen molar-refractivity contribution in [3.8, 4) is 0 Å². The van der Waals surface area contributed by atoms with Gasteiger partial charge in [-0.15, -0.1) is 11.3 Å². The Morgan fingerprint density at radius 1 is 1.48 bits per heavy atom. The van der Waals surface area contributed by atoms with Gasteiger partial charge in [-0.2, -0.15) is 0 Å². The van der Waals surface area contributed by atoms with Crippen LogP contribution in [0.3, 0.4) is 0 Å². The number of likely N-dealkylation sites (N-methyl/N-ethyl adjacent to an activating group) is 1. The van der Waals surface area contributed by atoms with E-state index in [9.17, 15) is 9.59 Å². The predicted octanol–water partition coefficient (Wildman–Crippen LogP) is 2.51. The highest BCUT2D eigenvalue weighted by Crippen LogP contribution is 2.20. The summed E-state index contributed by atoms with van der Waals surface area (Å²) in [6.45, 7) is 8.16. The van der Waals surface area contributed by atoms with Crippen LogP contribution in [0.25, 0.3) is 0 Å². The molecular weight excluding hydrogens is 314 g/mol. The average molecular weight is 339 g/mol. The molecule has 1 aromatic rings. The van der Waals surface area contributed by atoms with E-state index in [1.807, 2.05) is 38.1 Å². The van der Waals surface area contributed by atoms with Gasteiger partial charge in [0.2, 0.25) is 5.78 Å². The first kappa shape index (κ1) is 17.9. The number of amides is 1. The second-order valence-electron chi connectivity index (χ2n) is 7.04. The lowest BCUT2D eigenvalue weighted by Gasteiger charge is -2.25. The molecule has 1 aliphatic rings. The van der Waals surface area contributed by atoms with Gasteiger partial charge in [-0.1, -0.05) is 0 Å². The van der Waals surface area contributed by atoms with Gasteiger partial charge in [-0.05, 0) is 40.2 Å². The van der Waals surface area contributed by atoms with Crippen molar-refractivity contribution in [3.63, 3.8) is 0 Å². The zero-order chi connectivity index (χ0) is 17.0. The molecule has 1 atom stereocenters. The van der Waals surface area contributed by atoms with Gasteiger partial charge < -0.3 is 9.64 Å². The summed E-state index contributed by atoms with van der Waals surface area (Å²) in [5.41, 5.74) is -0.466. The molecule has 0 N–H and O–H groups in total. The van der Waals surface area contributed by atoms with Gasteiger partial charge in [0.1, 0.15) is 5.60 Å². The van der Waals surface area contributed by atoms with Gasteiger partial charge in [0.05, 0.1) is 6.54 Å². The van der Waals surface area contributed by atoms with Crippen molar-refractivity contribution in [1.29, 1.82) is 0 Å². The van der Waals surface area contributed by atoms with Crippen LogP contribution in [0.15, 0.2) is 11.6 Å². The maximum Gasteiger partial charge on any atom is 0.410 e. The number of rotatable bonds is 5. The Hall–Kier alpha value is -1.47. The number of carbonyl (C=O) groups excluding carboxylic acids is 2. The first-order valence-electron chi connectivity index (χ1n) is 7.84. The van der Waals surface area contributed by atoms with E-state index in [0.29, 0.717) is 30.6 Å². The Kier molecular flexibility index (Phi) is 5.75. The number of Topliss-reactive ketones (excluding diaryl/α,β-unsaturated/α-hetero) is 1. The average Bonchev–Trinajstić information content (AvgIpc) is 3.07. The van der Waals surface area contributed by atoms with Gasteiger partial charge >= 0.3 is 6.09 Å². The molecule has 0 aliphatic carbocycles. The van der Waals surface area contributed by atoms with Crippen LogP contribution < -0.4 is 0 Å². The van der Waals surface area contributed by atoms with Crippen molar-refractivity contribution in [2.24, 2.45) is 5.92 Å². The normalized spacial score (nSPS) is 18.5. The van der Waals surface area contributed by atoms with E-state index in [1.165, 1.54) is 11.3 Å². The molecule has 1 fully saturated rings. The van der Waals surface area contributed by atoms with E-state index in [2.05, 4.69) is 4.98 Å². The largest absolute Gasteiger partial charge is 0.444 e. The topological polar surface area (TPSA) is 62.7 Å². The van der Waals surface area contributed by atoms with E-state index in [4.69, 9.17) is 4.74 Å². The van der Waals surface area contributed by atoms with Gasteiger partial charge in [-0.25, -0.2) is 9.78 Å². The Balaban J connectivity index is 1.76. The second-order valence-corrected chi connectivity index (χ2v) is 7.93. The van der Waals surface area contributed by atoms with Crippen molar-refractivity contribution in [2.45, 2.75) is 32.8 Å². The SMILES string of the molecule is CN(CC(=O)c1nccs1)C[C@H]1CCN(C(=O)OC(C)(C)C)C1. The Labute approximate surface area is 141 Å². The van der Waals surface area contributed by atoms with Gasteiger partial charge in [0.25, 0.3) is 0 Å². The molecule has 0 radical (unpaired) electrons. The van der Waals surface area contributed by atoms with E-state index in [-0.39, 0.29) is 11.9 Å². The lowest BCUT2D eigenvalue weighted by Crippen LogP contribution is -2.36. The minimum absolute atomic E-state index is 0.0458. The van der Waals surface area contributed by atoms with Crippen LogP contribution in [0.2, 0.25) is 0 Å². The van der Waals surface area contributed by atoms with Crippen LogP contribution in [-0.2, 0) is 4.74 Å². The Morgan fingerprint density at radius 3 is 2.83 bits per heavy atom. The summed E-state index contributed by atoms with van der Waals surface area (Å²) < 4.78 is 5.40. The van der Waals surface area contributed by atoms with E-state index in [0.717, 1.165) is 13.0 Å². The summed E-state index contributed by atoms with van der Waals surface area (Å²) in [5.74, 6) is 0.418. The van der Waals surface area contributed by atoms with Crippen LogP contribution in [0.1, 0.15) is 37.0 Å². The fourth-order valence-electron chi connectivity index (χ4n) is 2.65. The van der Waals surface area contributed by atoms with Crippen LogP contribution in [0.5, 0.6) is 0 Å². The molecule has 1 amide bonds. The number of ether oxygens (including phenoxy) is 1. The second kappa shape index (κ2) is 7.40. The highest BCUT2D eigenvalue weighted by molar-refractivity contribution is 7.11. The van der Waals surface area contributed by atoms with Crippen molar-refractivity contribution >= 4 is 23.2 Å². The molecule has 1 aliphatic heterocycles. The summed E-state index contributed by atoms with van der Waals surface area (Å²) in [7, 11) is 1.93. The Morgan fingerprint density at radius 2 is 2.22 bits per heavy atom. The maximum absolute atomic E-state index is 12.1. The number of nitrogens with zero attached hydrogens (tertiary/aromatic N) is 3. The summed E-state index contributed by atoms with van der Waals surface area (Å²) in [4.78, 5) is 31.9. The molecule has 0 spiro atoms. The van der Waals surface area contributed by atoms with Crippen LogP contribution >= 0.6 is 11.3 Å². The third-order valence-corrected chi connectivity index (χ3v) is 4.41. The van der Waals surface area contributed by atoms with Gasteiger partial charge in [0, 0.05) is 31.2 Å². The quantitative estimate of drug-likeness (QED) is 0.771. The Bertz CT molecular complexity index is 539. The smallest absolute Gasteiger partial charge is 0.410 e. The summed E-state index contributed by atoms with van der Waals surface area (Å²) in [6, 6.07) is 0. The molecule has 0 saturated carbocycles. The van der Waals surface area contributed by atoms with Crippen molar-refractivity contribution in [3.05, 3.63) is 16.6 Å². The molecule has 2 rings (SSSR count). The highest BCUT2D eigenvalue weighted by atomic mass is 32.1. The molecular formula is C16H25N3O3S. The molecule has 2 heterocycles. The molecule has 0 bridgehead atoms. The fraction of sp³-hybridized carbons (Fsp3) is 0.688. The van der Waals surface area contributed by atoms with E-state index in [1.54, 1.807) is 11.1 Å². The van der Waals surface area contributed by atoms with Crippen LogP contribution in [-0.4, -0.2) is 65.5 Å². The number of thiazole rings is 1. The number of aromatic nitrogens is 1. The molecule has 7 heteroatoms. The number of hydrogen-bond donors (Lipinski definition) is 0.